The lowest BCUT2D eigenvalue weighted by Gasteiger charge is -2.32. The molecular formula is C10H18N4O3S2. The third-order valence-corrected chi connectivity index (χ3v) is 6.25. The Morgan fingerprint density at radius 2 is 2.32 bits per heavy atom. The molecule has 0 amide bonds. The van der Waals surface area contributed by atoms with E-state index in [1.54, 1.807) is 23.6 Å². The van der Waals surface area contributed by atoms with Crippen LogP contribution < -0.4 is 10.6 Å². The van der Waals surface area contributed by atoms with Crippen molar-refractivity contribution in [2.45, 2.75) is 18.7 Å². The van der Waals surface area contributed by atoms with Crippen LogP contribution in [0.1, 0.15) is 12.8 Å². The summed E-state index contributed by atoms with van der Waals surface area (Å²) >= 11 is 1.63. The standard InChI is InChI=1S/C10H18N4O3S2/c1-2-19(15,16)9-7-18-6-5-14(9)10-13-12-8(17-10)3-4-11/h9H,2-7,11H2,1H3. The zero-order valence-corrected chi connectivity index (χ0v) is 12.4. The molecular weight excluding hydrogens is 288 g/mol. The molecule has 19 heavy (non-hydrogen) atoms. The normalized spacial score (nSPS) is 20.7. The minimum Gasteiger partial charge on any atom is -0.408 e. The van der Waals surface area contributed by atoms with Crippen LogP contribution >= 0.6 is 11.8 Å². The van der Waals surface area contributed by atoms with Gasteiger partial charge in [-0.1, -0.05) is 12.0 Å². The van der Waals surface area contributed by atoms with E-state index >= 15 is 0 Å². The van der Waals surface area contributed by atoms with Crippen LogP contribution in [-0.2, 0) is 16.3 Å². The Kier molecular flexibility index (Phi) is 4.69. The van der Waals surface area contributed by atoms with E-state index in [4.69, 9.17) is 10.2 Å². The van der Waals surface area contributed by atoms with Crippen LogP contribution in [0.15, 0.2) is 4.42 Å². The Hall–Kier alpha value is -0.800. The number of hydrogen-bond donors (Lipinski definition) is 1. The van der Waals surface area contributed by atoms with Crippen LogP contribution in [0.3, 0.4) is 0 Å². The van der Waals surface area contributed by atoms with Crippen LogP contribution in [0.2, 0.25) is 0 Å². The highest BCUT2D eigenvalue weighted by Crippen LogP contribution is 2.26. The van der Waals surface area contributed by atoms with Crippen molar-refractivity contribution in [3.8, 4) is 0 Å². The first-order valence-corrected chi connectivity index (χ1v) is 9.04. The summed E-state index contributed by atoms with van der Waals surface area (Å²) in [5.74, 6) is 1.94. The van der Waals surface area contributed by atoms with Crippen molar-refractivity contribution < 1.29 is 12.8 Å². The summed E-state index contributed by atoms with van der Waals surface area (Å²) in [4.78, 5) is 1.70. The van der Waals surface area contributed by atoms with Crippen molar-refractivity contribution in [1.82, 2.24) is 10.2 Å². The fraction of sp³-hybridized carbons (Fsp3) is 0.800. The molecule has 1 fully saturated rings. The number of anilines is 1. The highest BCUT2D eigenvalue weighted by atomic mass is 32.2. The van der Waals surface area contributed by atoms with Gasteiger partial charge in [0.15, 0.2) is 9.84 Å². The molecule has 1 aliphatic heterocycles. The molecule has 0 radical (unpaired) electrons. The number of nitrogens with two attached hydrogens (primary N) is 1. The predicted molar refractivity (Wildman–Crippen MR) is 75.0 cm³/mol. The maximum absolute atomic E-state index is 12.1. The van der Waals surface area contributed by atoms with Crippen LogP contribution in [-0.4, -0.2) is 54.3 Å². The van der Waals surface area contributed by atoms with Crippen molar-refractivity contribution in [3.63, 3.8) is 0 Å². The molecule has 0 saturated carbocycles. The predicted octanol–water partition coefficient (Wildman–Crippen LogP) is -0.115. The highest BCUT2D eigenvalue weighted by molar-refractivity contribution is 8.01. The maximum atomic E-state index is 12.1. The summed E-state index contributed by atoms with van der Waals surface area (Å²) in [6, 6.07) is 0.283. The minimum atomic E-state index is -3.17. The smallest absolute Gasteiger partial charge is 0.319 e. The number of thioether (sulfide) groups is 1. The first-order valence-electron chi connectivity index (χ1n) is 6.17. The minimum absolute atomic E-state index is 0.110. The van der Waals surface area contributed by atoms with Crippen LogP contribution in [0.4, 0.5) is 6.01 Å². The van der Waals surface area contributed by atoms with Crippen molar-refractivity contribution in [2.75, 3.05) is 35.2 Å². The Balaban J connectivity index is 2.23. The van der Waals surface area contributed by atoms with E-state index in [-0.39, 0.29) is 11.8 Å². The van der Waals surface area contributed by atoms with Crippen molar-refractivity contribution in [1.29, 1.82) is 0 Å². The van der Waals surface area contributed by atoms with E-state index in [1.165, 1.54) is 0 Å². The quantitative estimate of drug-likeness (QED) is 0.803. The molecule has 1 unspecified atom stereocenters. The molecule has 1 aliphatic rings. The number of sulfone groups is 1. The fourth-order valence-corrected chi connectivity index (χ4v) is 4.84. The third-order valence-electron chi connectivity index (χ3n) is 2.96. The summed E-state index contributed by atoms with van der Waals surface area (Å²) in [5, 5.41) is 7.24. The Labute approximate surface area is 116 Å². The van der Waals surface area contributed by atoms with Crippen LogP contribution in [0, 0.1) is 0 Å². The topological polar surface area (TPSA) is 102 Å². The molecule has 9 heteroatoms. The van der Waals surface area contributed by atoms with Gasteiger partial charge in [0, 0.05) is 36.8 Å². The van der Waals surface area contributed by atoms with E-state index in [2.05, 4.69) is 10.2 Å². The van der Waals surface area contributed by atoms with E-state index < -0.39 is 15.2 Å². The molecule has 0 aromatic carbocycles. The molecule has 0 bridgehead atoms. The molecule has 2 heterocycles. The molecule has 1 aromatic rings. The summed E-state index contributed by atoms with van der Waals surface area (Å²) in [6.45, 7) is 2.67. The fourth-order valence-electron chi connectivity index (χ4n) is 1.88. The van der Waals surface area contributed by atoms with Gasteiger partial charge in [-0.25, -0.2) is 8.42 Å². The van der Waals surface area contributed by atoms with Gasteiger partial charge in [-0.3, -0.25) is 0 Å². The van der Waals surface area contributed by atoms with Gasteiger partial charge in [-0.15, -0.1) is 5.10 Å². The lowest BCUT2D eigenvalue weighted by atomic mass is 10.4. The van der Waals surface area contributed by atoms with Gasteiger partial charge in [-0.05, 0) is 0 Å². The number of hydrogen-bond acceptors (Lipinski definition) is 8. The Bertz CT molecular complexity index is 517. The number of aromatic nitrogens is 2. The van der Waals surface area contributed by atoms with E-state index in [0.717, 1.165) is 5.75 Å². The molecule has 108 valence electrons. The van der Waals surface area contributed by atoms with Gasteiger partial charge in [0.1, 0.15) is 5.37 Å². The van der Waals surface area contributed by atoms with E-state index in [1.807, 2.05) is 0 Å². The average Bonchev–Trinajstić information content (AvgIpc) is 2.88. The lowest BCUT2D eigenvalue weighted by Crippen LogP contribution is -2.48. The monoisotopic (exact) mass is 306 g/mol. The van der Waals surface area contributed by atoms with Crippen molar-refractivity contribution in [3.05, 3.63) is 5.89 Å². The summed E-state index contributed by atoms with van der Waals surface area (Å²) in [6.07, 6.45) is 0.501. The lowest BCUT2D eigenvalue weighted by molar-refractivity contribution is 0.479. The first-order chi connectivity index (χ1) is 9.08. The van der Waals surface area contributed by atoms with Gasteiger partial charge in [-0.2, -0.15) is 11.8 Å². The number of rotatable bonds is 5. The van der Waals surface area contributed by atoms with Crippen LogP contribution in [0.25, 0.3) is 0 Å². The van der Waals surface area contributed by atoms with E-state index in [9.17, 15) is 8.42 Å². The second-order valence-electron chi connectivity index (χ2n) is 4.19. The second-order valence-corrected chi connectivity index (χ2v) is 7.79. The largest absolute Gasteiger partial charge is 0.408 e. The maximum Gasteiger partial charge on any atom is 0.319 e. The zero-order valence-electron chi connectivity index (χ0n) is 10.8. The molecule has 1 aromatic heterocycles. The molecule has 0 spiro atoms. The molecule has 1 saturated heterocycles. The molecule has 1 atom stereocenters. The summed E-state index contributed by atoms with van der Waals surface area (Å²) in [7, 11) is -3.17. The molecule has 2 rings (SSSR count). The van der Waals surface area contributed by atoms with E-state index in [0.29, 0.717) is 31.2 Å². The second kappa shape index (κ2) is 6.10. The third kappa shape index (κ3) is 3.21. The van der Waals surface area contributed by atoms with Gasteiger partial charge in [0.05, 0.1) is 0 Å². The van der Waals surface area contributed by atoms with Gasteiger partial charge >= 0.3 is 6.01 Å². The number of nitrogens with zero attached hydrogens (tertiary/aromatic N) is 3. The average molecular weight is 306 g/mol. The van der Waals surface area contributed by atoms with Crippen molar-refractivity contribution >= 4 is 27.6 Å². The molecule has 7 nitrogen and oxygen atoms in total. The summed E-state index contributed by atoms with van der Waals surface area (Å²) < 4.78 is 29.7. The Morgan fingerprint density at radius 1 is 1.53 bits per heavy atom. The Morgan fingerprint density at radius 3 is 3.00 bits per heavy atom. The van der Waals surface area contributed by atoms with Crippen LogP contribution in [0.5, 0.6) is 0 Å². The molecule has 2 N–H and O–H groups in total. The van der Waals surface area contributed by atoms with Crippen molar-refractivity contribution in [2.24, 2.45) is 5.73 Å². The highest BCUT2D eigenvalue weighted by Gasteiger charge is 2.35. The van der Waals surface area contributed by atoms with Gasteiger partial charge < -0.3 is 15.1 Å². The van der Waals surface area contributed by atoms with Gasteiger partial charge in [0.25, 0.3) is 0 Å². The SMILES string of the molecule is CCS(=O)(=O)C1CSCCN1c1nnc(CCN)o1. The molecule has 0 aliphatic carbocycles. The first kappa shape index (κ1) is 14.6. The summed E-state index contributed by atoms with van der Waals surface area (Å²) in [5.41, 5.74) is 5.43. The zero-order chi connectivity index (χ0) is 13.9. The van der Waals surface area contributed by atoms with Gasteiger partial charge in [0.2, 0.25) is 5.89 Å².